The molecule has 0 saturated heterocycles. The van der Waals surface area contributed by atoms with Crippen molar-refractivity contribution in [1.82, 2.24) is 14.0 Å². The monoisotopic (exact) mass is 561 g/mol. The molecule has 2 bridgehead atoms. The molecule has 43 heavy (non-hydrogen) atoms. The van der Waals surface area contributed by atoms with Gasteiger partial charge in [-0.2, -0.15) is 0 Å². The number of benzene rings is 3. The van der Waals surface area contributed by atoms with Crippen molar-refractivity contribution in [2.75, 3.05) is 6.54 Å². The number of nitrogens with zero attached hydrogens (tertiary/aromatic N) is 3. The first-order valence-corrected chi connectivity index (χ1v) is 15.6. The molecule has 0 N–H and O–H groups in total. The maximum atomic E-state index is 2.58. The Labute approximate surface area is 254 Å². The fourth-order valence-electron chi connectivity index (χ4n) is 7.61. The predicted molar refractivity (Wildman–Crippen MR) is 184 cm³/mol. The van der Waals surface area contributed by atoms with Crippen molar-refractivity contribution < 1.29 is 0 Å². The third-order valence-electron chi connectivity index (χ3n) is 10.1. The van der Waals surface area contributed by atoms with Crippen molar-refractivity contribution in [3.63, 3.8) is 0 Å². The Morgan fingerprint density at radius 1 is 0.744 bits per heavy atom. The molecule has 1 unspecified atom stereocenters. The van der Waals surface area contributed by atoms with Gasteiger partial charge in [0.25, 0.3) is 0 Å². The molecular weight excluding hydrogens is 522 g/mol. The van der Waals surface area contributed by atoms with E-state index >= 15 is 0 Å². The molecule has 214 valence electrons. The SMILES string of the molecule is CC1C=Cc2c(n(/C3=C/C(C)(C)C4=CC=CN(C4)C(C)(C)C(n4c5ccccc5c5ccccc54)=C3)c3ccccc23)C1. The smallest absolute Gasteiger partial charge is 0.0750 e. The molecule has 4 heterocycles. The fraction of sp³-hybridized carbons (Fsp3) is 0.250. The van der Waals surface area contributed by atoms with E-state index < -0.39 is 0 Å². The van der Waals surface area contributed by atoms with Gasteiger partial charge < -0.3 is 14.0 Å². The average Bonchev–Trinajstić information content (AvgIpc) is 3.51. The van der Waals surface area contributed by atoms with Gasteiger partial charge in [-0.3, -0.25) is 0 Å². The molecule has 2 aromatic heterocycles. The summed E-state index contributed by atoms with van der Waals surface area (Å²) in [5, 5.41) is 3.91. The summed E-state index contributed by atoms with van der Waals surface area (Å²) in [6, 6.07) is 26.7. The molecule has 3 heteroatoms. The fourth-order valence-corrected chi connectivity index (χ4v) is 7.61. The summed E-state index contributed by atoms with van der Waals surface area (Å²) in [7, 11) is 0. The molecule has 8 rings (SSSR count). The molecule has 5 aromatic rings. The van der Waals surface area contributed by atoms with E-state index in [1.807, 2.05) is 0 Å². The number of allylic oxidation sites excluding steroid dienone is 6. The number of hydrogen-bond acceptors (Lipinski definition) is 1. The standard InChI is InChI=1S/C40H39N3/c1-27-20-21-33-32-16-6-9-17-34(32)42(37(33)23-27)29-24-38(40(4,5)41-22-12-13-28(26-41)39(2,3)25-29)43-35-18-10-7-14-30(35)31-15-8-11-19-36(31)43/h6-22,24-25,27H,23,26H2,1-5H3/b29-25+,38-24?. The Kier molecular flexibility index (Phi) is 5.62. The molecule has 2 aliphatic heterocycles. The van der Waals surface area contributed by atoms with E-state index in [9.17, 15) is 0 Å². The van der Waals surface area contributed by atoms with Gasteiger partial charge in [-0.25, -0.2) is 0 Å². The highest BCUT2D eigenvalue weighted by Crippen LogP contribution is 2.45. The van der Waals surface area contributed by atoms with Crippen molar-refractivity contribution >= 4 is 50.2 Å². The minimum absolute atomic E-state index is 0.143. The molecule has 0 fully saturated rings. The van der Waals surface area contributed by atoms with E-state index in [-0.39, 0.29) is 11.0 Å². The topological polar surface area (TPSA) is 13.1 Å². The molecule has 0 spiro atoms. The number of hydrogen-bond donors (Lipinski definition) is 0. The van der Waals surface area contributed by atoms with Gasteiger partial charge in [0.15, 0.2) is 0 Å². The summed E-state index contributed by atoms with van der Waals surface area (Å²) in [5.74, 6) is 0.495. The molecule has 0 amide bonds. The summed E-state index contributed by atoms with van der Waals surface area (Å²) in [5.41, 5.74) is 10.0. The van der Waals surface area contributed by atoms with Crippen molar-refractivity contribution in [3.05, 3.63) is 126 Å². The Morgan fingerprint density at radius 2 is 1.35 bits per heavy atom. The number of fused-ring (bicyclic) bond motifs is 8. The van der Waals surface area contributed by atoms with E-state index in [1.165, 1.54) is 60.9 Å². The van der Waals surface area contributed by atoms with Gasteiger partial charge in [0.1, 0.15) is 0 Å². The van der Waals surface area contributed by atoms with Crippen molar-refractivity contribution in [2.45, 2.75) is 46.6 Å². The lowest BCUT2D eigenvalue weighted by Gasteiger charge is -2.43. The lowest BCUT2D eigenvalue weighted by molar-refractivity contribution is 0.246. The quantitative estimate of drug-likeness (QED) is 0.209. The second-order valence-corrected chi connectivity index (χ2v) is 13.7. The number of rotatable bonds is 2. The van der Waals surface area contributed by atoms with Gasteiger partial charge in [-0.15, -0.1) is 0 Å². The minimum Gasteiger partial charge on any atom is -0.363 e. The molecular formula is C40H39N3. The van der Waals surface area contributed by atoms with Crippen LogP contribution in [0.4, 0.5) is 0 Å². The zero-order chi connectivity index (χ0) is 29.5. The van der Waals surface area contributed by atoms with Crippen LogP contribution in [0.1, 0.15) is 45.9 Å². The van der Waals surface area contributed by atoms with Gasteiger partial charge in [0.2, 0.25) is 0 Å². The third-order valence-corrected chi connectivity index (χ3v) is 10.1. The van der Waals surface area contributed by atoms with Crippen LogP contribution in [0.25, 0.3) is 50.2 Å². The largest absolute Gasteiger partial charge is 0.363 e. The summed E-state index contributed by atoms with van der Waals surface area (Å²) < 4.78 is 5.11. The third kappa shape index (κ3) is 3.87. The molecule has 1 aliphatic carbocycles. The molecule has 3 aromatic carbocycles. The highest BCUT2D eigenvalue weighted by atomic mass is 15.2. The minimum atomic E-state index is -0.309. The number of para-hydroxylation sites is 3. The van der Waals surface area contributed by atoms with Gasteiger partial charge in [0, 0.05) is 51.3 Å². The van der Waals surface area contributed by atoms with E-state index in [2.05, 4.69) is 164 Å². The summed E-state index contributed by atoms with van der Waals surface area (Å²) in [4.78, 5) is 2.53. The van der Waals surface area contributed by atoms with Crippen molar-refractivity contribution in [1.29, 1.82) is 0 Å². The maximum Gasteiger partial charge on any atom is 0.0750 e. The van der Waals surface area contributed by atoms with Gasteiger partial charge in [-0.1, -0.05) is 99.7 Å². The van der Waals surface area contributed by atoms with E-state index in [0.717, 1.165) is 13.0 Å². The summed E-state index contributed by atoms with van der Waals surface area (Å²) in [6.07, 6.45) is 17.6. The highest BCUT2D eigenvalue weighted by Gasteiger charge is 2.37. The highest BCUT2D eigenvalue weighted by molar-refractivity contribution is 6.10. The second kappa shape index (κ2) is 9.25. The van der Waals surface area contributed by atoms with Gasteiger partial charge >= 0.3 is 0 Å². The normalized spacial score (nSPS) is 22.0. The Balaban J connectivity index is 1.52. The van der Waals surface area contributed by atoms with E-state index in [1.54, 1.807) is 0 Å². The zero-order valence-corrected chi connectivity index (χ0v) is 25.8. The van der Waals surface area contributed by atoms with Crippen LogP contribution in [0.5, 0.6) is 0 Å². The van der Waals surface area contributed by atoms with Crippen LogP contribution in [0, 0.1) is 11.3 Å². The lowest BCUT2D eigenvalue weighted by Crippen LogP contribution is -2.45. The first-order chi connectivity index (χ1) is 20.7. The average molecular weight is 562 g/mol. The number of aromatic nitrogens is 2. The Morgan fingerprint density at radius 3 is 2.02 bits per heavy atom. The zero-order valence-electron chi connectivity index (χ0n) is 25.8. The van der Waals surface area contributed by atoms with Crippen LogP contribution < -0.4 is 0 Å². The van der Waals surface area contributed by atoms with E-state index in [4.69, 9.17) is 0 Å². The van der Waals surface area contributed by atoms with Gasteiger partial charge in [-0.05, 0) is 62.1 Å². The Hall–Kier alpha value is -4.50. The molecule has 0 saturated carbocycles. The molecule has 1 atom stereocenters. The Bertz CT molecular complexity index is 2050. The van der Waals surface area contributed by atoms with E-state index in [0.29, 0.717) is 5.92 Å². The van der Waals surface area contributed by atoms with Crippen molar-refractivity contribution in [2.24, 2.45) is 11.3 Å². The van der Waals surface area contributed by atoms with Crippen LogP contribution >= 0.6 is 0 Å². The molecule has 3 nitrogen and oxygen atoms in total. The lowest BCUT2D eigenvalue weighted by atomic mass is 9.81. The maximum absolute atomic E-state index is 2.58. The van der Waals surface area contributed by atoms with Crippen molar-refractivity contribution in [3.8, 4) is 0 Å². The predicted octanol–water partition coefficient (Wildman–Crippen LogP) is 9.91. The van der Waals surface area contributed by atoms with Crippen LogP contribution in [0.15, 0.2) is 115 Å². The second-order valence-electron chi connectivity index (χ2n) is 13.7. The first-order valence-electron chi connectivity index (χ1n) is 15.6. The molecule has 3 aliphatic rings. The van der Waals surface area contributed by atoms with Crippen LogP contribution in [0.2, 0.25) is 0 Å². The summed E-state index contributed by atoms with van der Waals surface area (Å²) >= 11 is 0. The summed E-state index contributed by atoms with van der Waals surface area (Å²) in [6.45, 7) is 12.8. The van der Waals surface area contributed by atoms with Crippen LogP contribution in [-0.2, 0) is 6.42 Å². The van der Waals surface area contributed by atoms with Crippen LogP contribution in [-0.4, -0.2) is 26.1 Å². The molecule has 0 radical (unpaired) electrons. The van der Waals surface area contributed by atoms with Gasteiger partial charge in [0.05, 0.1) is 27.8 Å². The first kappa shape index (κ1) is 26.2. The van der Waals surface area contributed by atoms with Crippen LogP contribution in [0.3, 0.4) is 0 Å².